The number of benzene rings is 1. The molecule has 0 fully saturated rings. The van der Waals surface area contributed by atoms with Gasteiger partial charge in [0, 0.05) is 19.5 Å². The normalized spacial score (nSPS) is 13.3. The highest BCUT2D eigenvalue weighted by Crippen LogP contribution is 2.30. The molecule has 1 aromatic heterocycles. The molecule has 1 amide bonds. The number of aryl methyl sites for hydroxylation is 1. The highest BCUT2D eigenvalue weighted by molar-refractivity contribution is 7.14. The number of carbonyl (C=O) groups excluding carboxylic acids is 1. The summed E-state index contributed by atoms with van der Waals surface area (Å²) in [6.07, 6.45) is 2.09. The van der Waals surface area contributed by atoms with Crippen LogP contribution in [0.3, 0.4) is 0 Å². The summed E-state index contributed by atoms with van der Waals surface area (Å²) in [6, 6.07) is 8.85. The summed E-state index contributed by atoms with van der Waals surface area (Å²) in [5.41, 5.74) is 2.10. The number of rotatable bonds is 4. The van der Waals surface area contributed by atoms with Crippen molar-refractivity contribution in [2.24, 2.45) is 0 Å². The molecule has 0 saturated heterocycles. The van der Waals surface area contributed by atoms with Gasteiger partial charge in [0.15, 0.2) is 0 Å². The molecule has 1 aromatic carbocycles. The first-order valence-electron chi connectivity index (χ1n) is 7.49. The van der Waals surface area contributed by atoms with E-state index in [0.717, 1.165) is 24.9 Å². The van der Waals surface area contributed by atoms with Crippen molar-refractivity contribution in [1.29, 1.82) is 5.26 Å². The number of thiophene rings is 1. The second kappa shape index (κ2) is 6.80. The van der Waals surface area contributed by atoms with E-state index in [1.165, 1.54) is 17.4 Å². The van der Waals surface area contributed by atoms with Gasteiger partial charge in [0.1, 0.15) is 16.9 Å². The highest BCUT2D eigenvalue weighted by atomic mass is 32.1. The van der Waals surface area contributed by atoms with Crippen LogP contribution < -0.4 is 10.2 Å². The number of nitriles is 1. The Bertz CT molecular complexity index is 765. The molecule has 1 aliphatic rings. The molecule has 0 atom stereocenters. The zero-order chi connectivity index (χ0) is 16.2. The Morgan fingerprint density at radius 1 is 1.43 bits per heavy atom. The fourth-order valence-corrected chi connectivity index (χ4v) is 3.59. The maximum atomic E-state index is 14.1. The number of hydrogen-bond donors (Lipinski definition) is 1. The minimum absolute atomic E-state index is 0.160. The standard InChI is InChI=1S/C17H16FN3OS/c18-14-5-1-3-12-4-2-8-21(16(12)14)9-6-15(22)20-17-13(11-19)7-10-23-17/h1,3,5,7,10H,2,4,6,8-9H2,(H,20,22). The van der Waals surface area contributed by atoms with Crippen molar-refractivity contribution in [3.05, 3.63) is 46.6 Å². The fraction of sp³-hybridized carbons (Fsp3) is 0.294. The second-order valence-corrected chi connectivity index (χ2v) is 6.33. The third-order valence-electron chi connectivity index (χ3n) is 3.91. The smallest absolute Gasteiger partial charge is 0.226 e. The first kappa shape index (κ1) is 15.5. The van der Waals surface area contributed by atoms with E-state index in [1.807, 2.05) is 17.0 Å². The van der Waals surface area contributed by atoms with Gasteiger partial charge in [-0.15, -0.1) is 11.3 Å². The van der Waals surface area contributed by atoms with Crippen molar-refractivity contribution in [2.45, 2.75) is 19.3 Å². The predicted octanol–water partition coefficient (Wildman–Crippen LogP) is 3.54. The molecule has 3 rings (SSSR count). The van der Waals surface area contributed by atoms with Crippen LogP contribution in [-0.2, 0) is 11.2 Å². The Hall–Kier alpha value is -2.39. The van der Waals surface area contributed by atoms with Gasteiger partial charge in [0.25, 0.3) is 0 Å². The molecule has 4 nitrogen and oxygen atoms in total. The monoisotopic (exact) mass is 329 g/mol. The molecular weight excluding hydrogens is 313 g/mol. The van der Waals surface area contributed by atoms with Crippen LogP contribution in [0.15, 0.2) is 29.6 Å². The largest absolute Gasteiger partial charge is 0.368 e. The van der Waals surface area contributed by atoms with E-state index in [0.29, 0.717) is 22.8 Å². The van der Waals surface area contributed by atoms with Gasteiger partial charge in [-0.05, 0) is 35.9 Å². The number of nitrogens with zero attached hydrogens (tertiary/aromatic N) is 2. The van der Waals surface area contributed by atoms with Crippen LogP contribution in [0.4, 0.5) is 15.1 Å². The Morgan fingerprint density at radius 2 is 2.30 bits per heavy atom. The summed E-state index contributed by atoms with van der Waals surface area (Å²) >= 11 is 1.33. The van der Waals surface area contributed by atoms with Crippen molar-refractivity contribution in [2.75, 3.05) is 23.3 Å². The van der Waals surface area contributed by atoms with E-state index < -0.39 is 0 Å². The molecule has 0 unspecified atom stereocenters. The van der Waals surface area contributed by atoms with Crippen LogP contribution in [0.1, 0.15) is 24.0 Å². The average Bonchev–Trinajstić information content (AvgIpc) is 3.00. The lowest BCUT2D eigenvalue weighted by Crippen LogP contribution is -2.33. The molecule has 0 saturated carbocycles. The van der Waals surface area contributed by atoms with Gasteiger partial charge < -0.3 is 10.2 Å². The number of amides is 1. The van der Waals surface area contributed by atoms with E-state index in [4.69, 9.17) is 5.26 Å². The number of hydrogen-bond acceptors (Lipinski definition) is 4. The number of fused-ring (bicyclic) bond motifs is 1. The van der Waals surface area contributed by atoms with E-state index in [2.05, 4.69) is 5.32 Å². The first-order chi connectivity index (χ1) is 11.2. The summed E-state index contributed by atoms with van der Waals surface area (Å²) in [6.45, 7) is 1.22. The van der Waals surface area contributed by atoms with Crippen LogP contribution in [0.5, 0.6) is 0 Å². The van der Waals surface area contributed by atoms with Gasteiger partial charge in [-0.2, -0.15) is 5.26 Å². The predicted molar refractivity (Wildman–Crippen MR) is 89.2 cm³/mol. The van der Waals surface area contributed by atoms with Crippen molar-refractivity contribution < 1.29 is 9.18 Å². The van der Waals surface area contributed by atoms with Gasteiger partial charge >= 0.3 is 0 Å². The molecule has 0 aliphatic carbocycles. The minimum atomic E-state index is -0.229. The number of para-hydroxylation sites is 1. The number of anilines is 2. The topological polar surface area (TPSA) is 56.1 Å². The molecule has 0 bridgehead atoms. The first-order valence-corrected chi connectivity index (χ1v) is 8.37. The van der Waals surface area contributed by atoms with Gasteiger partial charge in [0.2, 0.25) is 5.91 Å². The number of nitrogens with one attached hydrogen (secondary N) is 1. The molecule has 1 aliphatic heterocycles. The summed E-state index contributed by atoms with van der Waals surface area (Å²) in [4.78, 5) is 14.0. The van der Waals surface area contributed by atoms with Crippen molar-refractivity contribution in [1.82, 2.24) is 0 Å². The number of carbonyl (C=O) groups is 1. The maximum Gasteiger partial charge on any atom is 0.226 e. The summed E-state index contributed by atoms with van der Waals surface area (Å²) in [7, 11) is 0. The maximum absolute atomic E-state index is 14.1. The SMILES string of the molecule is N#Cc1ccsc1NC(=O)CCN1CCCc2cccc(F)c21. The number of halogens is 1. The fourth-order valence-electron chi connectivity index (χ4n) is 2.83. The minimum Gasteiger partial charge on any atom is -0.368 e. The van der Waals surface area contributed by atoms with Crippen LogP contribution in [0.2, 0.25) is 0 Å². The zero-order valence-electron chi connectivity index (χ0n) is 12.5. The van der Waals surface area contributed by atoms with E-state index in [1.54, 1.807) is 17.5 Å². The van der Waals surface area contributed by atoms with Gasteiger partial charge in [0.05, 0.1) is 11.3 Å². The van der Waals surface area contributed by atoms with Gasteiger partial charge in [-0.25, -0.2) is 4.39 Å². The summed E-state index contributed by atoms with van der Waals surface area (Å²) < 4.78 is 14.1. The molecule has 2 heterocycles. The Morgan fingerprint density at radius 3 is 3.13 bits per heavy atom. The Labute approximate surface area is 138 Å². The molecule has 118 valence electrons. The van der Waals surface area contributed by atoms with Crippen molar-refractivity contribution >= 4 is 27.9 Å². The Balaban J connectivity index is 1.64. The van der Waals surface area contributed by atoms with Crippen LogP contribution >= 0.6 is 11.3 Å². The van der Waals surface area contributed by atoms with Crippen molar-refractivity contribution in [3.63, 3.8) is 0 Å². The average molecular weight is 329 g/mol. The third-order valence-corrected chi connectivity index (χ3v) is 4.74. The zero-order valence-corrected chi connectivity index (χ0v) is 13.3. The van der Waals surface area contributed by atoms with Crippen LogP contribution in [0.25, 0.3) is 0 Å². The molecule has 23 heavy (non-hydrogen) atoms. The lowest BCUT2D eigenvalue weighted by atomic mass is 10.0. The molecular formula is C17H16FN3OS. The lowest BCUT2D eigenvalue weighted by molar-refractivity contribution is -0.116. The van der Waals surface area contributed by atoms with Gasteiger partial charge in [-0.3, -0.25) is 4.79 Å². The summed E-state index contributed by atoms with van der Waals surface area (Å²) in [5, 5.41) is 14.0. The highest BCUT2D eigenvalue weighted by Gasteiger charge is 2.21. The van der Waals surface area contributed by atoms with Gasteiger partial charge in [-0.1, -0.05) is 12.1 Å². The Kier molecular flexibility index (Phi) is 4.58. The third kappa shape index (κ3) is 3.35. The molecule has 1 N–H and O–H groups in total. The quantitative estimate of drug-likeness (QED) is 0.933. The van der Waals surface area contributed by atoms with Crippen LogP contribution in [0, 0.1) is 17.1 Å². The van der Waals surface area contributed by atoms with E-state index >= 15 is 0 Å². The molecule has 0 radical (unpaired) electrons. The second-order valence-electron chi connectivity index (χ2n) is 5.41. The van der Waals surface area contributed by atoms with E-state index in [-0.39, 0.29) is 18.1 Å². The van der Waals surface area contributed by atoms with Crippen LogP contribution in [-0.4, -0.2) is 19.0 Å². The molecule has 6 heteroatoms. The van der Waals surface area contributed by atoms with Crippen molar-refractivity contribution in [3.8, 4) is 6.07 Å². The summed E-state index contributed by atoms with van der Waals surface area (Å²) in [5.74, 6) is -0.389. The lowest BCUT2D eigenvalue weighted by Gasteiger charge is -2.31. The molecule has 2 aromatic rings. The molecule has 0 spiro atoms. The van der Waals surface area contributed by atoms with E-state index in [9.17, 15) is 9.18 Å².